The molecule has 4 heteroatoms. The molecule has 2 rings (SSSR count). The summed E-state index contributed by atoms with van der Waals surface area (Å²) in [5, 5.41) is 3.55. The molecule has 0 fully saturated rings. The van der Waals surface area contributed by atoms with E-state index in [9.17, 15) is 4.39 Å². The molecule has 0 saturated heterocycles. The van der Waals surface area contributed by atoms with Crippen LogP contribution in [0.3, 0.4) is 0 Å². The molecule has 2 nitrogen and oxygen atoms in total. The molecule has 0 saturated carbocycles. The van der Waals surface area contributed by atoms with Crippen LogP contribution in [0.5, 0.6) is 5.75 Å². The van der Waals surface area contributed by atoms with Gasteiger partial charge >= 0.3 is 0 Å². The van der Waals surface area contributed by atoms with Gasteiger partial charge in [-0.05, 0) is 50.2 Å². The van der Waals surface area contributed by atoms with Gasteiger partial charge in [-0.2, -0.15) is 0 Å². The van der Waals surface area contributed by atoms with Gasteiger partial charge in [0, 0.05) is 16.1 Å². The van der Waals surface area contributed by atoms with Crippen LogP contribution in [0.1, 0.15) is 28.3 Å². The average molecular weight is 308 g/mol. The molecule has 112 valence electrons. The fraction of sp³-hybridized carbons (Fsp3) is 0.294. The van der Waals surface area contributed by atoms with Gasteiger partial charge in [-0.3, -0.25) is 0 Å². The maximum Gasteiger partial charge on any atom is 0.129 e. The predicted octanol–water partition coefficient (Wildman–Crippen LogP) is 4.41. The van der Waals surface area contributed by atoms with Gasteiger partial charge in [0.2, 0.25) is 0 Å². The second kappa shape index (κ2) is 6.46. The molecule has 1 N–H and O–H groups in total. The summed E-state index contributed by atoms with van der Waals surface area (Å²) in [4.78, 5) is 0. The summed E-state index contributed by atoms with van der Waals surface area (Å²) in [6.45, 7) is 3.99. The normalized spacial score (nSPS) is 12.3. The molecule has 0 spiro atoms. The lowest BCUT2D eigenvalue weighted by atomic mass is 9.92. The van der Waals surface area contributed by atoms with E-state index in [1.165, 1.54) is 6.07 Å². The quantitative estimate of drug-likeness (QED) is 0.903. The second-order valence-electron chi connectivity index (χ2n) is 5.05. The Kier molecular flexibility index (Phi) is 4.86. The summed E-state index contributed by atoms with van der Waals surface area (Å²) in [5.41, 5.74) is 3.47. The van der Waals surface area contributed by atoms with Crippen LogP contribution >= 0.6 is 11.6 Å². The summed E-state index contributed by atoms with van der Waals surface area (Å²) in [6.07, 6.45) is 0. The Morgan fingerprint density at radius 1 is 1.19 bits per heavy atom. The number of halogens is 2. The van der Waals surface area contributed by atoms with Crippen LogP contribution < -0.4 is 10.1 Å². The minimum atomic E-state index is -0.366. The molecule has 0 aliphatic heterocycles. The molecular formula is C17H19ClFNO. The Bertz CT molecular complexity index is 637. The summed E-state index contributed by atoms with van der Waals surface area (Å²) in [7, 11) is 3.40. The van der Waals surface area contributed by atoms with E-state index in [1.807, 2.05) is 19.9 Å². The van der Waals surface area contributed by atoms with Crippen LogP contribution in [-0.2, 0) is 0 Å². The van der Waals surface area contributed by atoms with E-state index in [4.69, 9.17) is 16.3 Å². The lowest BCUT2D eigenvalue weighted by Crippen LogP contribution is -2.21. The Labute approximate surface area is 129 Å². The molecule has 0 heterocycles. The number of rotatable bonds is 4. The predicted molar refractivity (Wildman–Crippen MR) is 84.8 cm³/mol. The van der Waals surface area contributed by atoms with Gasteiger partial charge in [-0.1, -0.05) is 23.7 Å². The van der Waals surface area contributed by atoms with E-state index >= 15 is 0 Å². The summed E-state index contributed by atoms with van der Waals surface area (Å²) in [5.74, 6) is 0.398. The first-order valence-electron chi connectivity index (χ1n) is 6.76. The van der Waals surface area contributed by atoms with Crippen LogP contribution in [0.4, 0.5) is 4.39 Å². The van der Waals surface area contributed by atoms with Crippen molar-refractivity contribution in [3.63, 3.8) is 0 Å². The van der Waals surface area contributed by atoms with Crippen molar-refractivity contribution in [2.75, 3.05) is 14.2 Å². The second-order valence-corrected chi connectivity index (χ2v) is 5.46. The molecule has 0 amide bonds. The first-order chi connectivity index (χ1) is 9.99. The Morgan fingerprint density at radius 2 is 1.90 bits per heavy atom. The highest BCUT2D eigenvalue weighted by Gasteiger charge is 2.24. The maximum absolute atomic E-state index is 14.3. The largest absolute Gasteiger partial charge is 0.496 e. The van der Waals surface area contributed by atoms with E-state index in [2.05, 4.69) is 11.4 Å². The fourth-order valence-corrected chi connectivity index (χ4v) is 2.97. The molecule has 21 heavy (non-hydrogen) atoms. The molecule has 0 aromatic heterocycles. The lowest BCUT2D eigenvalue weighted by Gasteiger charge is -2.24. The Morgan fingerprint density at radius 3 is 2.48 bits per heavy atom. The third kappa shape index (κ3) is 3.04. The minimum Gasteiger partial charge on any atom is -0.496 e. The lowest BCUT2D eigenvalue weighted by molar-refractivity contribution is 0.403. The van der Waals surface area contributed by atoms with Crippen molar-refractivity contribution in [2.24, 2.45) is 0 Å². The van der Waals surface area contributed by atoms with Crippen molar-refractivity contribution in [2.45, 2.75) is 19.9 Å². The van der Waals surface area contributed by atoms with Gasteiger partial charge in [0.15, 0.2) is 0 Å². The SMILES string of the molecule is CNC(c1c(F)cccc1Cl)c1c(C)cc(C)cc1OC. The van der Waals surface area contributed by atoms with Crippen molar-refractivity contribution in [1.82, 2.24) is 5.32 Å². The molecule has 2 aromatic rings. The van der Waals surface area contributed by atoms with Gasteiger partial charge < -0.3 is 10.1 Å². The Balaban J connectivity index is 2.68. The highest BCUT2D eigenvalue weighted by molar-refractivity contribution is 6.31. The van der Waals surface area contributed by atoms with Crippen LogP contribution in [-0.4, -0.2) is 14.2 Å². The van der Waals surface area contributed by atoms with Gasteiger partial charge in [-0.25, -0.2) is 4.39 Å². The number of benzene rings is 2. The van der Waals surface area contributed by atoms with Crippen molar-refractivity contribution < 1.29 is 9.13 Å². The molecular weight excluding hydrogens is 289 g/mol. The van der Waals surface area contributed by atoms with E-state index in [0.29, 0.717) is 10.6 Å². The van der Waals surface area contributed by atoms with Gasteiger partial charge in [0.1, 0.15) is 11.6 Å². The highest BCUT2D eigenvalue weighted by Crippen LogP contribution is 2.37. The van der Waals surface area contributed by atoms with E-state index in [-0.39, 0.29) is 11.9 Å². The maximum atomic E-state index is 14.3. The number of hydrogen-bond acceptors (Lipinski definition) is 2. The molecule has 0 aliphatic carbocycles. The zero-order chi connectivity index (χ0) is 15.6. The van der Waals surface area contributed by atoms with Crippen LogP contribution in [0, 0.1) is 19.7 Å². The number of aryl methyl sites for hydroxylation is 2. The molecule has 0 bridgehead atoms. The number of hydrogen-bond donors (Lipinski definition) is 1. The standard InChI is InChI=1S/C17H19ClFNO/c1-10-8-11(2)15(14(9-10)21-4)17(20-3)16-12(18)6-5-7-13(16)19/h5-9,17,20H,1-4H3. The smallest absolute Gasteiger partial charge is 0.129 e. The summed E-state index contributed by atoms with van der Waals surface area (Å²) >= 11 is 6.21. The highest BCUT2D eigenvalue weighted by atomic mass is 35.5. The van der Waals surface area contributed by atoms with Crippen LogP contribution in [0.25, 0.3) is 0 Å². The Hall–Kier alpha value is -1.58. The zero-order valence-electron chi connectivity index (χ0n) is 12.6. The zero-order valence-corrected chi connectivity index (χ0v) is 13.4. The van der Waals surface area contributed by atoms with Crippen LogP contribution in [0.15, 0.2) is 30.3 Å². The molecule has 2 aromatic carbocycles. The van der Waals surface area contributed by atoms with E-state index < -0.39 is 0 Å². The molecule has 0 radical (unpaired) electrons. The van der Waals surface area contributed by atoms with Crippen molar-refractivity contribution >= 4 is 11.6 Å². The first-order valence-corrected chi connectivity index (χ1v) is 7.13. The monoisotopic (exact) mass is 307 g/mol. The van der Waals surface area contributed by atoms with Crippen molar-refractivity contribution in [3.05, 3.63) is 63.4 Å². The molecule has 0 aliphatic rings. The van der Waals surface area contributed by atoms with Crippen molar-refractivity contribution in [3.8, 4) is 5.75 Å². The van der Waals surface area contributed by atoms with Crippen LogP contribution in [0.2, 0.25) is 5.02 Å². The number of nitrogens with one attached hydrogen (secondary N) is 1. The topological polar surface area (TPSA) is 21.3 Å². The third-order valence-corrected chi connectivity index (χ3v) is 3.91. The number of methoxy groups -OCH3 is 1. The number of ether oxygens (including phenoxy) is 1. The third-order valence-electron chi connectivity index (χ3n) is 3.58. The van der Waals surface area contributed by atoms with E-state index in [0.717, 1.165) is 22.4 Å². The van der Waals surface area contributed by atoms with Crippen molar-refractivity contribution in [1.29, 1.82) is 0 Å². The summed E-state index contributed by atoms with van der Waals surface area (Å²) in [6, 6.07) is 8.35. The van der Waals surface area contributed by atoms with Gasteiger partial charge in [0.25, 0.3) is 0 Å². The molecule has 1 unspecified atom stereocenters. The average Bonchev–Trinajstić information content (AvgIpc) is 2.43. The first kappa shape index (κ1) is 15.8. The van der Waals surface area contributed by atoms with E-state index in [1.54, 1.807) is 26.3 Å². The summed E-state index contributed by atoms with van der Waals surface area (Å²) < 4.78 is 19.7. The van der Waals surface area contributed by atoms with Gasteiger partial charge in [0.05, 0.1) is 13.2 Å². The molecule has 1 atom stereocenters. The fourth-order valence-electron chi connectivity index (χ4n) is 2.70. The van der Waals surface area contributed by atoms with Gasteiger partial charge in [-0.15, -0.1) is 0 Å². The minimum absolute atomic E-state index is 0.330.